The van der Waals surface area contributed by atoms with Crippen LogP contribution in [0.4, 0.5) is 5.69 Å². The topological polar surface area (TPSA) is 94.3 Å². The first kappa shape index (κ1) is 13.6. The summed E-state index contributed by atoms with van der Waals surface area (Å²) in [6, 6.07) is 3.09. The van der Waals surface area contributed by atoms with Crippen LogP contribution in [0.3, 0.4) is 0 Å². The number of aryl methyl sites for hydroxylation is 1. The van der Waals surface area contributed by atoms with Crippen molar-refractivity contribution in [1.82, 2.24) is 9.47 Å². The monoisotopic (exact) mass is 264 g/mol. The summed E-state index contributed by atoms with van der Waals surface area (Å²) in [7, 11) is 0. The van der Waals surface area contributed by atoms with Gasteiger partial charge in [0.2, 0.25) is 5.91 Å². The Morgan fingerprint density at radius 1 is 1.37 bits per heavy atom. The number of carbonyl (C=O) groups excluding carboxylic acids is 1. The molecule has 1 aliphatic rings. The molecule has 0 radical (unpaired) electrons. The zero-order valence-corrected chi connectivity index (χ0v) is 10.9. The lowest BCUT2D eigenvalue weighted by molar-refractivity contribution is -0.121. The lowest BCUT2D eigenvalue weighted by Gasteiger charge is -2.15. The van der Waals surface area contributed by atoms with E-state index >= 15 is 0 Å². The number of nitrogen functional groups attached to an aromatic ring is 1. The summed E-state index contributed by atoms with van der Waals surface area (Å²) < 4.78 is 1.62. The largest absolute Gasteiger partial charge is 0.398 e. The highest BCUT2D eigenvalue weighted by Gasteiger charge is 2.25. The van der Waals surface area contributed by atoms with E-state index in [1.165, 1.54) is 6.07 Å². The second-order valence-electron chi connectivity index (χ2n) is 5.04. The molecular weight excluding hydrogens is 244 g/mol. The molecular formula is C13H20N4O2. The Morgan fingerprint density at radius 3 is 2.84 bits per heavy atom. The van der Waals surface area contributed by atoms with Gasteiger partial charge in [-0.25, -0.2) is 0 Å². The number of amides is 1. The van der Waals surface area contributed by atoms with Gasteiger partial charge in [0.15, 0.2) is 0 Å². The molecule has 1 unspecified atom stereocenters. The lowest BCUT2D eigenvalue weighted by atomic mass is 10.1. The number of rotatable bonds is 5. The molecule has 0 bridgehead atoms. The van der Waals surface area contributed by atoms with Crippen LogP contribution < -0.4 is 17.0 Å². The second-order valence-corrected chi connectivity index (χ2v) is 5.04. The lowest BCUT2D eigenvalue weighted by Crippen LogP contribution is -2.29. The van der Waals surface area contributed by atoms with E-state index in [0.717, 1.165) is 32.5 Å². The van der Waals surface area contributed by atoms with Gasteiger partial charge in [-0.2, -0.15) is 0 Å². The van der Waals surface area contributed by atoms with Gasteiger partial charge >= 0.3 is 0 Å². The molecule has 4 N–H and O–H groups in total. The van der Waals surface area contributed by atoms with Crippen molar-refractivity contribution in [2.45, 2.75) is 19.4 Å². The van der Waals surface area contributed by atoms with Crippen LogP contribution in [-0.4, -0.2) is 35.0 Å². The molecule has 1 aromatic heterocycles. The van der Waals surface area contributed by atoms with E-state index in [0.29, 0.717) is 12.2 Å². The Kier molecular flexibility index (Phi) is 4.21. The first-order chi connectivity index (χ1) is 9.06. The Balaban J connectivity index is 1.80. The smallest absolute Gasteiger partial charge is 0.250 e. The van der Waals surface area contributed by atoms with Crippen LogP contribution in [-0.2, 0) is 11.3 Å². The molecule has 1 fully saturated rings. The number of nitrogens with zero attached hydrogens (tertiary/aromatic N) is 2. The van der Waals surface area contributed by atoms with Crippen LogP contribution >= 0.6 is 0 Å². The first-order valence-electron chi connectivity index (χ1n) is 6.54. The van der Waals surface area contributed by atoms with Gasteiger partial charge in [0, 0.05) is 31.0 Å². The van der Waals surface area contributed by atoms with Crippen LogP contribution in [0.5, 0.6) is 0 Å². The minimum Gasteiger partial charge on any atom is -0.398 e. The quantitative estimate of drug-likeness (QED) is 0.758. The number of carbonyl (C=O) groups is 1. The molecule has 19 heavy (non-hydrogen) atoms. The normalized spacial score (nSPS) is 19.7. The first-order valence-corrected chi connectivity index (χ1v) is 6.54. The van der Waals surface area contributed by atoms with E-state index in [1.807, 2.05) is 0 Å². The fraction of sp³-hybridized carbons (Fsp3) is 0.538. The molecule has 1 saturated heterocycles. The van der Waals surface area contributed by atoms with E-state index in [-0.39, 0.29) is 17.4 Å². The fourth-order valence-electron chi connectivity index (χ4n) is 2.46. The maximum Gasteiger partial charge on any atom is 0.250 e. The summed E-state index contributed by atoms with van der Waals surface area (Å²) in [5, 5.41) is 0. The van der Waals surface area contributed by atoms with Gasteiger partial charge < -0.3 is 20.9 Å². The van der Waals surface area contributed by atoms with Gasteiger partial charge in [0.1, 0.15) is 0 Å². The third kappa shape index (κ3) is 3.57. The number of pyridine rings is 1. The van der Waals surface area contributed by atoms with E-state index < -0.39 is 0 Å². The van der Waals surface area contributed by atoms with Crippen molar-refractivity contribution in [2.24, 2.45) is 11.7 Å². The molecule has 0 spiro atoms. The Bertz CT molecular complexity index is 512. The summed E-state index contributed by atoms with van der Waals surface area (Å²) in [4.78, 5) is 24.8. The minimum atomic E-state index is -0.213. The van der Waals surface area contributed by atoms with Gasteiger partial charge in [0.25, 0.3) is 5.56 Å². The average molecular weight is 264 g/mol. The molecule has 1 atom stereocenters. The maximum atomic E-state index is 11.6. The predicted molar refractivity (Wildman–Crippen MR) is 73.5 cm³/mol. The van der Waals surface area contributed by atoms with Crippen LogP contribution in [0.1, 0.15) is 12.8 Å². The van der Waals surface area contributed by atoms with Crippen molar-refractivity contribution in [3.63, 3.8) is 0 Å². The SMILES string of the molecule is NC(=O)C1CCN(CCCn2cc(N)ccc2=O)C1. The predicted octanol–water partition coefficient (Wildman–Crippen LogP) is -0.372. The fourth-order valence-corrected chi connectivity index (χ4v) is 2.46. The van der Waals surface area contributed by atoms with E-state index in [1.54, 1.807) is 16.8 Å². The third-order valence-electron chi connectivity index (χ3n) is 3.55. The van der Waals surface area contributed by atoms with Gasteiger partial charge in [-0.05, 0) is 32.0 Å². The number of nitrogens with two attached hydrogens (primary N) is 2. The summed E-state index contributed by atoms with van der Waals surface area (Å²) >= 11 is 0. The van der Waals surface area contributed by atoms with Gasteiger partial charge in [-0.15, -0.1) is 0 Å². The van der Waals surface area contributed by atoms with Crippen molar-refractivity contribution < 1.29 is 4.79 Å². The van der Waals surface area contributed by atoms with Crippen LogP contribution in [0, 0.1) is 5.92 Å². The van der Waals surface area contributed by atoms with Crippen LogP contribution in [0.2, 0.25) is 0 Å². The molecule has 6 heteroatoms. The molecule has 1 amide bonds. The Morgan fingerprint density at radius 2 is 2.16 bits per heavy atom. The van der Waals surface area contributed by atoms with Crippen LogP contribution in [0.25, 0.3) is 0 Å². The van der Waals surface area contributed by atoms with Gasteiger partial charge in [0.05, 0.1) is 5.92 Å². The molecule has 2 heterocycles. The molecule has 0 aromatic carbocycles. The number of hydrogen-bond donors (Lipinski definition) is 2. The number of aromatic nitrogens is 1. The van der Waals surface area contributed by atoms with Crippen molar-refractivity contribution in [3.8, 4) is 0 Å². The molecule has 0 aliphatic carbocycles. The summed E-state index contributed by atoms with van der Waals surface area (Å²) in [5.74, 6) is -0.232. The standard InChI is InChI=1S/C13H20N4O2/c14-11-2-3-12(18)17(9-11)6-1-5-16-7-4-10(8-16)13(15)19/h2-3,9-10H,1,4-8,14H2,(H2,15,19). The molecule has 6 nitrogen and oxygen atoms in total. The molecule has 1 aliphatic heterocycles. The average Bonchev–Trinajstić information content (AvgIpc) is 2.82. The maximum absolute atomic E-state index is 11.6. The van der Waals surface area contributed by atoms with E-state index in [9.17, 15) is 9.59 Å². The van der Waals surface area contributed by atoms with Crippen LogP contribution in [0.15, 0.2) is 23.1 Å². The van der Waals surface area contributed by atoms with Crippen molar-refractivity contribution in [3.05, 3.63) is 28.7 Å². The minimum absolute atomic E-state index is 0.0184. The Labute approximate surface area is 112 Å². The highest BCUT2D eigenvalue weighted by Crippen LogP contribution is 2.15. The zero-order valence-electron chi connectivity index (χ0n) is 10.9. The summed E-state index contributed by atoms with van der Waals surface area (Å²) in [6.45, 7) is 3.15. The third-order valence-corrected chi connectivity index (χ3v) is 3.55. The highest BCUT2D eigenvalue weighted by molar-refractivity contribution is 5.77. The summed E-state index contributed by atoms with van der Waals surface area (Å²) in [5.41, 5.74) is 11.5. The second kappa shape index (κ2) is 5.88. The molecule has 0 saturated carbocycles. The number of primary amides is 1. The zero-order chi connectivity index (χ0) is 13.8. The molecule has 1 aromatic rings. The number of hydrogen-bond acceptors (Lipinski definition) is 4. The van der Waals surface area contributed by atoms with Crippen molar-refractivity contribution >= 4 is 11.6 Å². The Hall–Kier alpha value is -1.82. The van der Waals surface area contributed by atoms with Crippen molar-refractivity contribution in [2.75, 3.05) is 25.4 Å². The van der Waals surface area contributed by atoms with Gasteiger partial charge in [-0.3, -0.25) is 9.59 Å². The van der Waals surface area contributed by atoms with Gasteiger partial charge in [-0.1, -0.05) is 0 Å². The number of anilines is 1. The van der Waals surface area contributed by atoms with Crippen molar-refractivity contribution in [1.29, 1.82) is 0 Å². The molecule has 104 valence electrons. The molecule has 2 rings (SSSR count). The number of likely N-dealkylation sites (tertiary alicyclic amines) is 1. The highest BCUT2D eigenvalue weighted by atomic mass is 16.1. The summed E-state index contributed by atoms with van der Waals surface area (Å²) in [6.07, 6.45) is 3.36. The van der Waals surface area contributed by atoms with E-state index in [2.05, 4.69) is 4.90 Å². The van der Waals surface area contributed by atoms with E-state index in [4.69, 9.17) is 11.5 Å².